The van der Waals surface area contributed by atoms with Crippen molar-refractivity contribution in [2.75, 3.05) is 48.8 Å². The summed E-state index contributed by atoms with van der Waals surface area (Å²) in [6, 6.07) is 7.41. The van der Waals surface area contributed by atoms with Gasteiger partial charge in [0, 0.05) is 48.1 Å². The fourth-order valence-electron chi connectivity index (χ4n) is 4.92. The summed E-state index contributed by atoms with van der Waals surface area (Å²) in [6.07, 6.45) is -2.38. The lowest BCUT2D eigenvalue weighted by molar-refractivity contribution is -0.137. The number of halogens is 3. The van der Waals surface area contributed by atoms with Crippen molar-refractivity contribution in [2.45, 2.75) is 43.5 Å². The topological polar surface area (TPSA) is 117 Å². The summed E-state index contributed by atoms with van der Waals surface area (Å²) < 4.78 is 72.4. The number of hydrogen-bond donors (Lipinski definition) is 3. The van der Waals surface area contributed by atoms with Crippen LogP contribution in [0.3, 0.4) is 0 Å². The highest BCUT2D eigenvalue weighted by molar-refractivity contribution is 7.91. The lowest BCUT2D eigenvalue weighted by atomic mass is 10.1. The molecule has 5 rings (SSSR count). The first-order chi connectivity index (χ1) is 19.1. The number of benzene rings is 1. The zero-order valence-electron chi connectivity index (χ0n) is 21.8. The molecular formula is C26H30F3N5O4S2. The number of nitrogens with zero attached hydrogens (tertiary/aromatic N) is 3. The van der Waals surface area contributed by atoms with Gasteiger partial charge in [-0.15, -0.1) is 11.3 Å². The number of nitrogens with one attached hydrogen (secondary N) is 2. The number of aliphatic hydroxyl groups is 1. The molecule has 1 fully saturated rings. The second kappa shape index (κ2) is 11.6. The molecule has 2 aliphatic rings. The standard InChI is InChI=1S/C26H30F3N5O4S2/c1-2-16-11-18(34-7-5-17(14-34)30-6-8-35)3-4-20(16)32-25-31-13-19(26(27,28)29)24(33-25)21-12-23-22(39-21)15-38-9-10-40(23,36)37/h3-4,11-13,17,30,35H,2,5-10,14-15H2,1H3,(H,31,32,33). The number of anilines is 3. The molecule has 0 saturated carbocycles. The van der Waals surface area contributed by atoms with Gasteiger partial charge in [0.1, 0.15) is 5.56 Å². The number of hydrogen-bond acceptors (Lipinski definition) is 10. The monoisotopic (exact) mass is 597 g/mol. The summed E-state index contributed by atoms with van der Waals surface area (Å²) in [4.78, 5) is 10.9. The van der Waals surface area contributed by atoms with Crippen LogP contribution < -0.4 is 15.5 Å². The van der Waals surface area contributed by atoms with E-state index in [2.05, 4.69) is 25.5 Å². The van der Waals surface area contributed by atoms with Crippen LogP contribution in [0, 0.1) is 0 Å². The van der Waals surface area contributed by atoms with Crippen LogP contribution in [-0.2, 0) is 33.8 Å². The summed E-state index contributed by atoms with van der Waals surface area (Å²) in [6.45, 7) is 4.36. The third-order valence-corrected chi connectivity index (χ3v) is 9.96. The highest BCUT2D eigenvalue weighted by atomic mass is 32.2. The summed E-state index contributed by atoms with van der Waals surface area (Å²) in [5, 5.41) is 15.4. The predicted molar refractivity (Wildman–Crippen MR) is 147 cm³/mol. The molecule has 3 aromatic rings. The molecular weight excluding hydrogens is 567 g/mol. The summed E-state index contributed by atoms with van der Waals surface area (Å²) in [5.74, 6) is -0.256. The van der Waals surface area contributed by atoms with E-state index < -0.39 is 21.6 Å². The maximum absolute atomic E-state index is 13.9. The number of ether oxygens (including phenoxy) is 1. The van der Waals surface area contributed by atoms with Crippen molar-refractivity contribution in [3.05, 3.63) is 46.5 Å². The molecule has 0 spiro atoms. The Morgan fingerprint density at radius 3 is 2.85 bits per heavy atom. The fraction of sp³-hybridized carbons (Fsp3) is 0.462. The van der Waals surface area contributed by atoms with E-state index in [0.717, 1.165) is 48.3 Å². The SMILES string of the molecule is CCc1cc(N2CCC(NCCO)C2)ccc1Nc1ncc(C(F)(F)F)c(-c2cc3c(s2)COCCS3(=O)=O)n1. The van der Waals surface area contributed by atoms with E-state index >= 15 is 0 Å². The second-order valence-corrected chi connectivity index (χ2v) is 12.9. The van der Waals surface area contributed by atoms with E-state index in [9.17, 15) is 21.6 Å². The summed E-state index contributed by atoms with van der Waals surface area (Å²) in [5.41, 5.74) is 1.22. The number of rotatable bonds is 8. The number of aryl methyl sites for hydroxylation is 1. The van der Waals surface area contributed by atoms with Gasteiger partial charge in [-0.1, -0.05) is 6.92 Å². The molecule has 216 valence electrons. The number of thiophene rings is 1. The van der Waals surface area contributed by atoms with Crippen LogP contribution >= 0.6 is 11.3 Å². The van der Waals surface area contributed by atoms with Gasteiger partial charge in [0.25, 0.3) is 0 Å². The zero-order valence-corrected chi connectivity index (χ0v) is 23.4. The van der Waals surface area contributed by atoms with Crippen molar-refractivity contribution < 1.29 is 31.4 Å². The van der Waals surface area contributed by atoms with Gasteiger partial charge in [0.2, 0.25) is 5.95 Å². The van der Waals surface area contributed by atoms with Crippen molar-refractivity contribution in [3.8, 4) is 10.6 Å². The lowest BCUT2D eigenvalue weighted by Crippen LogP contribution is -2.34. The fourth-order valence-corrected chi connectivity index (χ4v) is 7.75. The molecule has 9 nitrogen and oxygen atoms in total. The first-order valence-corrected chi connectivity index (χ1v) is 15.4. The largest absolute Gasteiger partial charge is 0.420 e. The first kappa shape index (κ1) is 28.7. The Balaban J connectivity index is 1.44. The minimum atomic E-state index is -4.74. The molecule has 4 heterocycles. The normalized spacial score (nSPS) is 18.9. The Morgan fingerprint density at radius 2 is 2.10 bits per heavy atom. The van der Waals surface area contributed by atoms with Crippen molar-refractivity contribution in [1.82, 2.24) is 15.3 Å². The summed E-state index contributed by atoms with van der Waals surface area (Å²) in [7, 11) is -3.68. The molecule has 1 atom stereocenters. The van der Waals surface area contributed by atoms with Gasteiger partial charge in [-0.05, 0) is 42.7 Å². The average molecular weight is 598 g/mol. The molecule has 0 amide bonds. The lowest BCUT2D eigenvalue weighted by Gasteiger charge is -2.21. The van der Waals surface area contributed by atoms with Crippen molar-refractivity contribution >= 4 is 38.5 Å². The third kappa shape index (κ3) is 6.10. The van der Waals surface area contributed by atoms with E-state index in [0.29, 0.717) is 29.6 Å². The van der Waals surface area contributed by atoms with E-state index in [4.69, 9.17) is 9.84 Å². The Labute approximate surface area is 234 Å². The highest BCUT2D eigenvalue weighted by Crippen LogP contribution is 2.42. The molecule has 0 radical (unpaired) electrons. The van der Waals surface area contributed by atoms with Crippen LogP contribution in [0.2, 0.25) is 0 Å². The molecule has 1 aromatic carbocycles. The van der Waals surface area contributed by atoms with Crippen LogP contribution in [-0.4, -0.2) is 68.1 Å². The second-order valence-electron chi connectivity index (χ2n) is 9.65. The molecule has 40 heavy (non-hydrogen) atoms. The Morgan fingerprint density at radius 1 is 1.27 bits per heavy atom. The molecule has 0 aliphatic carbocycles. The molecule has 3 N–H and O–H groups in total. The molecule has 2 aliphatic heterocycles. The number of aromatic nitrogens is 2. The molecule has 1 unspecified atom stereocenters. The first-order valence-electron chi connectivity index (χ1n) is 13.0. The van der Waals surface area contributed by atoms with Crippen LogP contribution in [0.15, 0.2) is 35.4 Å². The predicted octanol–water partition coefficient (Wildman–Crippen LogP) is 3.99. The molecule has 2 aromatic heterocycles. The number of fused-ring (bicyclic) bond motifs is 1. The Hall–Kier alpha value is -2.78. The Bertz CT molecular complexity index is 1480. The highest BCUT2D eigenvalue weighted by Gasteiger charge is 2.37. The van der Waals surface area contributed by atoms with Gasteiger partial charge < -0.3 is 25.4 Å². The minimum Gasteiger partial charge on any atom is -0.395 e. The van der Waals surface area contributed by atoms with Crippen molar-refractivity contribution in [2.24, 2.45) is 0 Å². The summed E-state index contributed by atoms with van der Waals surface area (Å²) >= 11 is 0.931. The van der Waals surface area contributed by atoms with Gasteiger partial charge in [-0.2, -0.15) is 13.2 Å². The molecule has 0 bridgehead atoms. The number of sulfone groups is 1. The van der Waals surface area contributed by atoms with Crippen molar-refractivity contribution in [3.63, 3.8) is 0 Å². The van der Waals surface area contributed by atoms with E-state index in [1.807, 2.05) is 25.1 Å². The van der Waals surface area contributed by atoms with Gasteiger partial charge in [-0.25, -0.2) is 18.4 Å². The maximum atomic E-state index is 13.9. The average Bonchev–Trinajstić information content (AvgIpc) is 3.55. The quantitative estimate of drug-likeness (QED) is 0.354. The van der Waals surface area contributed by atoms with Crippen LogP contribution in [0.5, 0.6) is 0 Å². The van der Waals surface area contributed by atoms with E-state index in [1.165, 1.54) is 6.07 Å². The van der Waals surface area contributed by atoms with Crippen LogP contribution in [0.1, 0.15) is 29.3 Å². The zero-order chi connectivity index (χ0) is 28.5. The van der Waals surface area contributed by atoms with Crippen LogP contribution in [0.25, 0.3) is 10.6 Å². The maximum Gasteiger partial charge on any atom is 0.420 e. The van der Waals surface area contributed by atoms with Crippen LogP contribution in [0.4, 0.5) is 30.5 Å². The smallest absolute Gasteiger partial charge is 0.395 e. The van der Waals surface area contributed by atoms with E-state index in [-0.39, 0.29) is 47.0 Å². The minimum absolute atomic E-state index is 0.00850. The van der Waals surface area contributed by atoms with Crippen molar-refractivity contribution in [1.29, 1.82) is 0 Å². The number of alkyl halides is 3. The molecule has 1 saturated heterocycles. The third-order valence-electron chi connectivity index (χ3n) is 6.98. The number of aliphatic hydroxyl groups excluding tert-OH is 1. The van der Waals surface area contributed by atoms with Gasteiger partial charge >= 0.3 is 6.18 Å². The molecule has 14 heteroatoms. The van der Waals surface area contributed by atoms with Gasteiger partial charge in [0.05, 0.1) is 41.0 Å². The van der Waals surface area contributed by atoms with Gasteiger partial charge in [-0.3, -0.25) is 0 Å². The Kier molecular flexibility index (Phi) is 8.34. The van der Waals surface area contributed by atoms with E-state index in [1.54, 1.807) is 0 Å². The van der Waals surface area contributed by atoms with Gasteiger partial charge in [0.15, 0.2) is 9.84 Å².